The van der Waals surface area contributed by atoms with E-state index in [4.69, 9.17) is 0 Å². The van der Waals surface area contributed by atoms with Crippen molar-refractivity contribution in [3.8, 4) is 0 Å². The van der Waals surface area contributed by atoms with E-state index in [9.17, 15) is 4.80 Å². The second-order valence-corrected chi connectivity index (χ2v) is 24.0. The smallest absolute Gasteiger partial charge is 0.180 e. The van der Waals surface area contributed by atoms with Crippen LogP contribution >= 0.6 is 0 Å². The molecule has 0 amide bonds. The van der Waals surface area contributed by atoms with Crippen molar-refractivity contribution in [3.05, 3.63) is 103 Å². The van der Waals surface area contributed by atoms with Gasteiger partial charge in [-0.3, -0.25) is 0 Å². The summed E-state index contributed by atoms with van der Waals surface area (Å²) < 4.78 is 0. The molecule has 0 fully saturated rings. The molecule has 0 bridgehead atoms. The van der Waals surface area contributed by atoms with Crippen LogP contribution in [0.3, 0.4) is 0 Å². The molecule has 34 heavy (non-hydrogen) atoms. The zero-order valence-electron chi connectivity index (χ0n) is 19.0. The zero-order chi connectivity index (χ0) is 22.8. The second-order valence-electron chi connectivity index (χ2n) is 9.45. The van der Waals surface area contributed by atoms with Crippen molar-refractivity contribution in [3.63, 3.8) is 0 Å². The summed E-state index contributed by atoms with van der Waals surface area (Å²) in [5, 5.41) is 16.6. The fourth-order valence-corrected chi connectivity index (χ4v) is 13.3. The summed E-state index contributed by atoms with van der Waals surface area (Å²) in [5.74, 6) is 0. The Balaban J connectivity index is 1.54. The number of hydrogen-bond donors (Lipinski definition) is 1. The van der Waals surface area contributed by atoms with Gasteiger partial charge in [-0.15, -0.1) is 0 Å². The van der Waals surface area contributed by atoms with Crippen LogP contribution in [0.25, 0.3) is 64.6 Å². The highest BCUT2D eigenvalue weighted by Gasteiger charge is 2.13. The molecule has 0 aromatic heterocycles. The molecule has 0 saturated carbocycles. The van der Waals surface area contributed by atoms with Gasteiger partial charge in [0.15, 0.2) is 8.56 Å². The van der Waals surface area contributed by atoms with E-state index in [-0.39, 0.29) is 8.55 Å². The van der Waals surface area contributed by atoms with Gasteiger partial charge in [-0.25, -0.2) is 0 Å². The highest BCUT2D eigenvalue weighted by molar-refractivity contribution is 7.33. The van der Waals surface area contributed by atoms with Crippen LogP contribution in [-0.4, -0.2) is 31.7 Å². The van der Waals surface area contributed by atoms with Gasteiger partial charge in [0.05, 0.1) is 0 Å². The molecular weight excluding hydrogens is 461 g/mol. The topological polar surface area (TPSA) is 20.2 Å². The summed E-state index contributed by atoms with van der Waals surface area (Å²) in [4.78, 5) is 10.8. The number of fused-ring (bicyclic) bond motifs is 7. The van der Waals surface area contributed by atoms with E-state index in [2.05, 4.69) is 103 Å². The molecule has 1 atom stereocenters. The predicted molar refractivity (Wildman–Crippen MR) is 159 cm³/mol. The van der Waals surface area contributed by atoms with Crippen LogP contribution in [0.4, 0.5) is 0 Å². The molecule has 7 aromatic carbocycles. The highest BCUT2D eigenvalue weighted by Crippen LogP contribution is 2.34. The lowest BCUT2D eigenvalue weighted by atomic mass is 9.94. The van der Waals surface area contributed by atoms with Gasteiger partial charge in [-0.05, 0) is 128 Å². The maximum Gasteiger partial charge on any atom is 0.180 e. The van der Waals surface area contributed by atoms with Crippen molar-refractivity contribution in [2.75, 3.05) is 0 Å². The fourth-order valence-electron chi connectivity index (χ4n) is 5.56. The summed E-state index contributed by atoms with van der Waals surface area (Å²) in [6.45, 7) is 0. The molecule has 0 aliphatic carbocycles. The lowest BCUT2D eigenvalue weighted by molar-refractivity contribution is 0.607. The van der Waals surface area contributed by atoms with Gasteiger partial charge in [-0.2, -0.15) is 0 Å². The first kappa shape index (κ1) is 20.1. The predicted octanol–water partition coefficient (Wildman–Crippen LogP) is 4.47. The van der Waals surface area contributed by atoms with E-state index >= 15 is 0 Å². The molecule has 1 N–H and O–H groups in total. The molecule has 0 saturated heterocycles. The molecule has 4 heteroatoms. The van der Waals surface area contributed by atoms with Crippen LogP contribution in [0.1, 0.15) is 0 Å². The van der Waals surface area contributed by atoms with Crippen molar-refractivity contribution in [2.45, 2.75) is 0 Å². The van der Waals surface area contributed by atoms with Crippen molar-refractivity contribution in [2.24, 2.45) is 0 Å². The molecular formula is C30H24OSi3. The van der Waals surface area contributed by atoms with Crippen LogP contribution < -0.4 is 5.19 Å². The first-order chi connectivity index (χ1) is 16.7. The minimum absolute atomic E-state index is 0.263. The summed E-state index contributed by atoms with van der Waals surface area (Å²) in [5.41, 5.74) is 0. The Bertz CT molecular complexity index is 1930. The van der Waals surface area contributed by atoms with Crippen LogP contribution in [0.15, 0.2) is 103 Å². The first-order valence-electron chi connectivity index (χ1n) is 12.0. The van der Waals surface area contributed by atoms with Crippen molar-refractivity contribution < 1.29 is 4.80 Å². The van der Waals surface area contributed by atoms with E-state index in [0.29, 0.717) is 0 Å². The van der Waals surface area contributed by atoms with E-state index in [1.54, 1.807) is 0 Å². The summed E-state index contributed by atoms with van der Waals surface area (Å²) in [6.07, 6.45) is 0. The van der Waals surface area contributed by atoms with Gasteiger partial charge in [0, 0.05) is 8.55 Å². The Morgan fingerprint density at radius 2 is 0.912 bits per heavy atom. The first-order valence-corrected chi connectivity index (χ1v) is 22.0. The molecule has 0 aliphatic heterocycles. The number of hydrogen-bond acceptors (Lipinski definition) is 1. The minimum atomic E-state index is -1.71. The SMILES string of the molecule is O[SiH]([SiH2][SiH3])c1cccc2cc3cc4ccc5cc6cc7ccccc7cc6cc5c4cc3cc12. The van der Waals surface area contributed by atoms with E-state index in [1.165, 1.54) is 79.6 Å². The average molecular weight is 485 g/mol. The Kier molecular flexibility index (Phi) is 4.51. The third kappa shape index (κ3) is 3.07. The third-order valence-corrected chi connectivity index (χ3v) is 20.0. The summed E-state index contributed by atoms with van der Waals surface area (Å²) in [6, 6.07) is 38.2. The zero-order valence-corrected chi connectivity index (χ0v) is 23.6. The van der Waals surface area contributed by atoms with Crippen molar-refractivity contribution in [1.29, 1.82) is 0 Å². The van der Waals surface area contributed by atoms with Gasteiger partial charge in [-0.1, -0.05) is 54.6 Å². The van der Waals surface area contributed by atoms with Gasteiger partial charge < -0.3 is 4.80 Å². The molecule has 0 radical (unpaired) electrons. The fraction of sp³-hybridized carbons (Fsp3) is 0. The van der Waals surface area contributed by atoms with Crippen LogP contribution in [0, 0.1) is 0 Å². The normalized spacial score (nSPS) is 13.4. The number of benzene rings is 7. The minimum Gasteiger partial charge on any atom is -0.434 e. The van der Waals surface area contributed by atoms with Crippen LogP contribution in [0.2, 0.25) is 0 Å². The molecule has 0 aliphatic rings. The molecule has 0 heterocycles. The van der Waals surface area contributed by atoms with Gasteiger partial charge in [0.2, 0.25) is 0 Å². The molecule has 162 valence electrons. The molecule has 0 spiro atoms. The lowest BCUT2D eigenvalue weighted by Gasteiger charge is -2.13. The Labute approximate surface area is 204 Å². The Morgan fingerprint density at radius 1 is 0.471 bits per heavy atom. The maximum atomic E-state index is 10.8. The van der Waals surface area contributed by atoms with Crippen LogP contribution in [-0.2, 0) is 0 Å². The maximum absolute atomic E-state index is 10.8. The molecule has 1 nitrogen and oxygen atoms in total. The van der Waals surface area contributed by atoms with Gasteiger partial charge in [0.1, 0.15) is 0 Å². The van der Waals surface area contributed by atoms with E-state index in [0.717, 1.165) is 0 Å². The quantitative estimate of drug-likeness (QED) is 0.218. The highest BCUT2D eigenvalue weighted by atomic mass is 29.5. The second kappa shape index (κ2) is 7.61. The molecule has 7 aromatic rings. The summed E-state index contributed by atoms with van der Waals surface area (Å²) >= 11 is 0. The van der Waals surface area contributed by atoms with E-state index < -0.39 is 8.56 Å². The Morgan fingerprint density at radius 3 is 1.50 bits per heavy atom. The average Bonchev–Trinajstić information content (AvgIpc) is 2.87. The summed E-state index contributed by atoms with van der Waals surface area (Å²) in [7, 11) is -0.787. The Hall–Kier alpha value is -3.29. The van der Waals surface area contributed by atoms with Gasteiger partial charge >= 0.3 is 0 Å². The lowest BCUT2D eigenvalue weighted by Crippen LogP contribution is -2.37. The largest absolute Gasteiger partial charge is 0.434 e. The van der Waals surface area contributed by atoms with Crippen molar-refractivity contribution in [1.82, 2.24) is 0 Å². The standard InChI is InChI=1S/C30H24OSi3/c31-34(33-32)30-7-3-6-20-12-24-14-22-9-8-21-13-23-10-18-4-1-2-5-19(18)11-25(23)15-27(21)28(22)16-26(24)17-29(20)30/h1-17,31,34H,33H2,32H3. The number of rotatable bonds is 2. The van der Waals surface area contributed by atoms with Gasteiger partial charge in [0.25, 0.3) is 0 Å². The third-order valence-electron chi connectivity index (χ3n) is 7.39. The van der Waals surface area contributed by atoms with Crippen LogP contribution in [0.5, 0.6) is 0 Å². The molecule has 1 unspecified atom stereocenters. The van der Waals surface area contributed by atoms with Crippen molar-refractivity contribution >= 4 is 96.7 Å². The van der Waals surface area contributed by atoms with E-state index in [1.807, 2.05) is 0 Å². The monoisotopic (exact) mass is 484 g/mol. The molecule has 7 rings (SSSR count).